The van der Waals surface area contributed by atoms with Gasteiger partial charge in [-0.15, -0.1) is 0 Å². The van der Waals surface area contributed by atoms with Gasteiger partial charge in [0.25, 0.3) is 0 Å². The number of halogens is 1. The van der Waals surface area contributed by atoms with Crippen LogP contribution >= 0.6 is 15.9 Å². The van der Waals surface area contributed by atoms with Gasteiger partial charge in [-0.3, -0.25) is 0 Å². The van der Waals surface area contributed by atoms with E-state index in [1.165, 1.54) is 5.56 Å². The fourth-order valence-corrected chi connectivity index (χ4v) is 2.72. The van der Waals surface area contributed by atoms with Gasteiger partial charge in [-0.05, 0) is 47.8 Å². The maximum Gasteiger partial charge on any atom is 0.131 e. The molecule has 3 nitrogen and oxygen atoms in total. The normalized spacial score (nSPS) is 25.1. The van der Waals surface area contributed by atoms with Gasteiger partial charge in [0.1, 0.15) is 5.82 Å². The number of anilines is 1. The molecule has 17 heavy (non-hydrogen) atoms. The lowest BCUT2D eigenvalue weighted by atomic mass is 10.1. The standard InChI is InChI=1S/C13H19BrN2O/c1-4-12-8-17-10(3)7-16(12)13-9(2)5-11(14)6-15-13/h5-6,10,12H,4,7-8H2,1-3H3. The van der Waals surface area contributed by atoms with Crippen molar-refractivity contribution in [2.75, 3.05) is 18.1 Å². The second kappa shape index (κ2) is 5.36. The lowest BCUT2D eigenvalue weighted by Gasteiger charge is -2.39. The van der Waals surface area contributed by atoms with Crippen molar-refractivity contribution in [3.63, 3.8) is 0 Å². The maximum absolute atomic E-state index is 5.72. The second-order valence-electron chi connectivity index (χ2n) is 4.65. The SMILES string of the molecule is CCC1COC(C)CN1c1ncc(Br)cc1C. The lowest BCUT2D eigenvalue weighted by molar-refractivity contribution is 0.0296. The Kier molecular flexibility index (Phi) is 4.05. The Morgan fingerprint density at radius 1 is 1.59 bits per heavy atom. The first-order valence-corrected chi connectivity index (χ1v) is 6.91. The summed E-state index contributed by atoms with van der Waals surface area (Å²) in [6.45, 7) is 8.15. The van der Waals surface area contributed by atoms with Crippen LogP contribution < -0.4 is 4.90 Å². The van der Waals surface area contributed by atoms with Crippen molar-refractivity contribution in [1.29, 1.82) is 0 Å². The van der Waals surface area contributed by atoms with Crippen LogP contribution in [0.4, 0.5) is 5.82 Å². The first kappa shape index (κ1) is 12.8. The predicted octanol–water partition coefficient (Wildman–Crippen LogP) is 3.16. The van der Waals surface area contributed by atoms with Gasteiger partial charge in [0.15, 0.2) is 0 Å². The van der Waals surface area contributed by atoms with Gasteiger partial charge in [0, 0.05) is 17.2 Å². The molecule has 1 saturated heterocycles. The summed E-state index contributed by atoms with van der Waals surface area (Å²) in [5.41, 5.74) is 1.21. The molecule has 1 aliphatic heterocycles. The molecule has 2 rings (SSSR count). The summed E-state index contributed by atoms with van der Waals surface area (Å²) >= 11 is 3.46. The smallest absolute Gasteiger partial charge is 0.131 e. The molecule has 1 aromatic heterocycles. The highest BCUT2D eigenvalue weighted by Gasteiger charge is 2.27. The van der Waals surface area contributed by atoms with Crippen LogP contribution in [0, 0.1) is 6.92 Å². The average molecular weight is 299 g/mol. The summed E-state index contributed by atoms with van der Waals surface area (Å²) in [6.07, 6.45) is 3.24. The molecule has 0 saturated carbocycles. The Labute approximate surface area is 111 Å². The summed E-state index contributed by atoms with van der Waals surface area (Å²) in [5, 5.41) is 0. The summed E-state index contributed by atoms with van der Waals surface area (Å²) in [4.78, 5) is 6.94. The molecule has 0 aromatic carbocycles. The molecule has 0 N–H and O–H groups in total. The summed E-state index contributed by atoms with van der Waals surface area (Å²) in [7, 11) is 0. The number of rotatable bonds is 2. The van der Waals surface area contributed by atoms with Gasteiger partial charge >= 0.3 is 0 Å². The van der Waals surface area contributed by atoms with E-state index in [0.29, 0.717) is 6.04 Å². The van der Waals surface area contributed by atoms with Gasteiger partial charge < -0.3 is 9.64 Å². The zero-order valence-electron chi connectivity index (χ0n) is 10.6. The van der Waals surface area contributed by atoms with Crippen molar-refractivity contribution in [2.24, 2.45) is 0 Å². The number of morpholine rings is 1. The minimum absolute atomic E-state index is 0.280. The zero-order valence-corrected chi connectivity index (χ0v) is 12.2. The lowest BCUT2D eigenvalue weighted by Crippen LogP contribution is -2.49. The molecule has 1 fully saturated rings. The second-order valence-corrected chi connectivity index (χ2v) is 5.57. The molecule has 0 amide bonds. The van der Waals surface area contributed by atoms with E-state index in [1.54, 1.807) is 0 Å². The van der Waals surface area contributed by atoms with E-state index in [-0.39, 0.29) is 6.10 Å². The topological polar surface area (TPSA) is 25.4 Å². The van der Waals surface area contributed by atoms with Gasteiger partial charge in [0.05, 0.1) is 18.8 Å². The number of ether oxygens (including phenoxy) is 1. The minimum Gasteiger partial charge on any atom is -0.375 e. The number of aryl methyl sites for hydroxylation is 1. The van der Waals surface area contributed by atoms with E-state index >= 15 is 0 Å². The number of hydrogen-bond donors (Lipinski definition) is 0. The Hall–Kier alpha value is -0.610. The minimum atomic E-state index is 0.280. The highest BCUT2D eigenvalue weighted by atomic mass is 79.9. The molecule has 4 heteroatoms. The van der Waals surface area contributed by atoms with Crippen LogP contribution in [-0.4, -0.2) is 30.3 Å². The molecule has 94 valence electrons. The largest absolute Gasteiger partial charge is 0.375 e. The highest BCUT2D eigenvalue weighted by molar-refractivity contribution is 9.10. The molecule has 0 spiro atoms. The molecule has 1 aliphatic rings. The monoisotopic (exact) mass is 298 g/mol. The summed E-state index contributed by atoms with van der Waals surface area (Å²) in [6, 6.07) is 2.56. The first-order chi connectivity index (χ1) is 8.11. The van der Waals surface area contributed by atoms with Gasteiger partial charge in [-0.25, -0.2) is 4.98 Å². The van der Waals surface area contributed by atoms with Crippen LogP contribution in [0.5, 0.6) is 0 Å². The number of pyridine rings is 1. The third-order valence-corrected chi connectivity index (χ3v) is 3.66. The van der Waals surface area contributed by atoms with Crippen LogP contribution in [0.25, 0.3) is 0 Å². The van der Waals surface area contributed by atoms with Crippen molar-refractivity contribution in [3.05, 3.63) is 22.3 Å². The average Bonchev–Trinajstić information content (AvgIpc) is 2.29. The molecule has 2 atom stereocenters. The quantitative estimate of drug-likeness (QED) is 0.839. The molecule has 0 aliphatic carbocycles. The molecular weight excluding hydrogens is 280 g/mol. The molecule has 1 aromatic rings. The van der Waals surface area contributed by atoms with E-state index in [1.807, 2.05) is 6.20 Å². The maximum atomic E-state index is 5.72. The van der Waals surface area contributed by atoms with Crippen LogP contribution in [0.1, 0.15) is 25.8 Å². The van der Waals surface area contributed by atoms with Gasteiger partial charge in [0.2, 0.25) is 0 Å². The number of aromatic nitrogens is 1. The van der Waals surface area contributed by atoms with Crippen molar-refractivity contribution in [1.82, 2.24) is 4.98 Å². The Morgan fingerprint density at radius 3 is 3.00 bits per heavy atom. The van der Waals surface area contributed by atoms with Crippen LogP contribution in [0.2, 0.25) is 0 Å². The van der Waals surface area contributed by atoms with E-state index in [2.05, 4.69) is 52.7 Å². The van der Waals surface area contributed by atoms with Crippen molar-refractivity contribution >= 4 is 21.7 Å². The Bertz CT molecular complexity index is 397. The van der Waals surface area contributed by atoms with Crippen molar-refractivity contribution in [3.8, 4) is 0 Å². The van der Waals surface area contributed by atoms with E-state index in [0.717, 1.165) is 29.9 Å². The van der Waals surface area contributed by atoms with Gasteiger partial charge in [-0.2, -0.15) is 0 Å². The van der Waals surface area contributed by atoms with Crippen LogP contribution in [0.15, 0.2) is 16.7 Å². The highest BCUT2D eigenvalue weighted by Crippen LogP contribution is 2.26. The van der Waals surface area contributed by atoms with E-state index < -0.39 is 0 Å². The van der Waals surface area contributed by atoms with E-state index in [9.17, 15) is 0 Å². The molecule has 0 radical (unpaired) electrons. The number of nitrogens with zero attached hydrogens (tertiary/aromatic N) is 2. The van der Waals surface area contributed by atoms with Crippen molar-refractivity contribution in [2.45, 2.75) is 39.3 Å². The van der Waals surface area contributed by atoms with Gasteiger partial charge in [-0.1, -0.05) is 6.92 Å². The predicted molar refractivity (Wildman–Crippen MR) is 73.5 cm³/mol. The summed E-state index contributed by atoms with van der Waals surface area (Å²) in [5.74, 6) is 1.09. The van der Waals surface area contributed by atoms with Crippen molar-refractivity contribution < 1.29 is 4.74 Å². The molecule has 0 bridgehead atoms. The number of hydrogen-bond acceptors (Lipinski definition) is 3. The van der Waals surface area contributed by atoms with Crippen LogP contribution in [-0.2, 0) is 4.74 Å². The zero-order chi connectivity index (χ0) is 12.4. The first-order valence-electron chi connectivity index (χ1n) is 6.12. The third kappa shape index (κ3) is 2.80. The fraction of sp³-hybridized carbons (Fsp3) is 0.615. The Morgan fingerprint density at radius 2 is 2.35 bits per heavy atom. The third-order valence-electron chi connectivity index (χ3n) is 3.23. The Balaban J connectivity index is 2.28. The summed E-state index contributed by atoms with van der Waals surface area (Å²) < 4.78 is 6.75. The van der Waals surface area contributed by atoms with E-state index in [4.69, 9.17) is 4.74 Å². The fourth-order valence-electron chi connectivity index (χ4n) is 2.28. The molecule has 2 unspecified atom stereocenters. The van der Waals surface area contributed by atoms with Crippen LogP contribution in [0.3, 0.4) is 0 Å². The molecular formula is C13H19BrN2O. The molecule has 2 heterocycles.